The third-order valence-electron chi connectivity index (χ3n) is 2.81. The van der Waals surface area contributed by atoms with E-state index in [4.69, 9.17) is 5.11 Å². The van der Waals surface area contributed by atoms with Crippen molar-refractivity contribution in [1.82, 2.24) is 4.98 Å². The molecule has 0 aliphatic heterocycles. The Hall–Kier alpha value is -1.93. The SMILES string of the molecule is CC(C)c1ccc(NS(=O)(=O)c2scnc2C(=O)O)cc1. The number of hydrogen-bond acceptors (Lipinski definition) is 5. The standard InChI is InChI=1S/C13H14N2O4S2/c1-8(2)9-3-5-10(6-4-9)15-21(18,19)13-11(12(16)17)14-7-20-13/h3-8,15H,1-2H3,(H,16,17). The zero-order valence-corrected chi connectivity index (χ0v) is 13.0. The molecule has 0 unspecified atom stereocenters. The van der Waals surface area contributed by atoms with E-state index in [9.17, 15) is 13.2 Å². The Balaban J connectivity index is 2.29. The van der Waals surface area contributed by atoms with E-state index in [0.717, 1.165) is 16.9 Å². The Bertz CT molecular complexity index is 749. The normalized spacial score (nSPS) is 11.6. The summed E-state index contributed by atoms with van der Waals surface area (Å²) in [6.07, 6.45) is 0. The predicted octanol–water partition coefficient (Wildman–Crippen LogP) is 2.77. The van der Waals surface area contributed by atoms with Crippen LogP contribution in [0.15, 0.2) is 34.0 Å². The smallest absolute Gasteiger partial charge is 0.356 e. The van der Waals surface area contributed by atoms with Crippen molar-refractivity contribution in [3.8, 4) is 0 Å². The summed E-state index contributed by atoms with van der Waals surface area (Å²) in [7, 11) is -3.95. The van der Waals surface area contributed by atoms with Crippen molar-refractivity contribution in [3.05, 3.63) is 41.0 Å². The first-order valence-electron chi connectivity index (χ1n) is 6.11. The molecule has 0 saturated heterocycles. The maximum atomic E-state index is 12.2. The van der Waals surface area contributed by atoms with Crippen molar-refractivity contribution < 1.29 is 18.3 Å². The van der Waals surface area contributed by atoms with Crippen LogP contribution in [0.4, 0.5) is 5.69 Å². The van der Waals surface area contributed by atoms with Crippen LogP contribution in [-0.2, 0) is 10.0 Å². The summed E-state index contributed by atoms with van der Waals surface area (Å²) >= 11 is 0.770. The Labute approximate surface area is 126 Å². The van der Waals surface area contributed by atoms with Crippen molar-refractivity contribution in [2.24, 2.45) is 0 Å². The van der Waals surface area contributed by atoms with Crippen LogP contribution in [0.5, 0.6) is 0 Å². The quantitative estimate of drug-likeness (QED) is 0.880. The first kappa shape index (κ1) is 15.5. The monoisotopic (exact) mass is 326 g/mol. The average Bonchev–Trinajstić information content (AvgIpc) is 2.89. The molecular weight excluding hydrogens is 312 g/mol. The van der Waals surface area contributed by atoms with Crippen molar-refractivity contribution >= 4 is 33.0 Å². The highest BCUT2D eigenvalue weighted by Gasteiger charge is 2.25. The molecule has 0 saturated carbocycles. The molecule has 2 rings (SSSR count). The van der Waals surface area contributed by atoms with Crippen molar-refractivity contribution in [2.75, 3.05) is 4.72 Å². The van der Waals surface area contributed by atoms with Crippen LogP contribution in [0.2, 0.25) is 0 Å². The predicted molar refractivity (Wildman–Crippen MR) is 80.4 cm³/mol. The van der Waals surface area contributed by atoms with E-state index in [2.05, 4.69) is 9.71 Å². The first-order chi connectivity index (χ1) is 9.81. The Kier molecular flexibility index (Phi) is 4.29. The highest BCUT2D eigenvalue weighted by molar-refractivity contribution is 7.94. The maximum absolute atomic E-state index is 12.2. The van der Waals surface area contributed by atoms with Gasteiger partial charge in [-0.25, -0.2) is 18.2 Å². The second kappa shape index (κ2) is 5.82. The van der Waals surface area contributed by atoms with Crippen LogP contribution in [0.1, 0.15) is 35.8 Å². The summed E-state index contributed by atoms with van der Waals surface area (Å²) in [4.78, 5) is 14.5. The van der Waals surface area contributed by atoms with Crippen molar-refractivity contribution in [2.45, 2.75) is 24.0 Å². The number of thiazole rings is 1. The molecule has 1 heterocycles. The zero-order valence-electron chi connectivity index (χ0n) is 11.4. The number of aromatic carboxylic acids is 1. The van der Waals surface area contributed by atoms with Gasteiger partial charge in [0.25, 0.3) is 10.0 Å². The molecule has 0 bridgehead atoms. The molecule has 0 fully saturated rings. The number of aromatic nitrogens is 1. The molecule has 1 aromatic carbocycles. The molecule has 2 aromatic rings. The van der Waals surface area contributed by atoms with Gasteiger partial charge < -0.3 is 5.11 Å². The second-order valence-corrected chi connectivity index (χ2v) is 7.41. The number of carbonyl (C=O) groups is 1. The van der Waals surface area contributed by atoms with Crippen LogP contribution in [0, 0.1) is 0 Å². The van der Waals surface area contributed by atoms with Crippen LogP contribution >= 0.6 is 11.3 Å². The lowest BCUT2D eigenvalue weighted by atomic mass is 10.0. The van der Waals surface area contributed by atoms with Gasteiger partial charge in [-0.2, -0.15) is 0 Å². The Morgan fingerprint density at radius 1 is 1.29 bits per heavy atom. The van der Waals surface area contributed by atoms with Crippen molar-refractivity contribution in [3.63, 3.8) is 0 Å². The lowest BCUT2D eigenvalue weighted by molar-refractivity contribution is 0.0687. The number of carboxylic acid groups (broad SMARTS) is 1. The second-order valence-electron chi connectivity index (χ2n) is 4.68. The lowest BCUT2D eigenvalue weighted by Crippen LogP contribution is -2.15. The van der Waals surface area contributed by atoms with E-state index in [-0.39, 0.29) is 4.21 Å². The van der Waals surface area contributed by atoms with Gasteiger partial charge in [0.15, 0.2) is 9.90 Å². The maximum Gasteiger partial charge on any atom is 0.356 e. The van der Waals surface area contributed by atoms with Gasteiger partial charge in [-0.05, 0) is 23.6 Å². The van der Waals surface area contributed by atoms with E-state index in [1.807, 2.05) is 26.0 Å². The molecule has 2 N–H and O–H groups in total. The van der Waals surface area contributed by atoms with Crippen molar-refractivity contribution in [1.29, 1.82) is 0 Å². The van der Waals surface area contributed by atoms with Crippen LogP contribution < -0.4 is 4.72 Å². The number of anilines is 1. The third-order valence-corrected chi connectivity index (χ3v) is 5.56. The molecule has 1 aromatic heterocycles. The molecule has 0 spiro atoms. The van der Waals surface area contributed by atoms with E-state index in [1.54, 1.807) is 12.1 Å². The van der Waals surface area contributed by atoms with Gasteiger partial charge in [-0.1, -0.05) is 26.0 Å². The minimum Gasteiger partial charge on any atom is -0.476 e. The van der Waals surface area contributed by atoms with E-state index >= 15 is 0 Å². The minimum atomic E-state index is -3.95. The molecule has 0 amide bonds. The van der Waals surface area contributed by atoms with E-state index < -0.39 is 21.7 Å². The topological polar surface area (TPSA) is 96.4 Å². The molecule has 112 valence electrons. The van der Waals surface area contributed by atoms with Gasteiger partial charge in [0.2, 0.25) is 0 Å². The highest BCUT2D eigenvalue weighted by Crippen LogP contribution is 2.24. The van der Waals surface area contributed by atoms with Gasteiger partial charge in [0, 0.05) is 5.69 Å². The molecule has 0 aliphatic carbocycles. The van der Waals surface area contributed by atoms with Gasteiger partial charge in [0.1, 0.15) is 0 Å². The Morgan fingerprint density at radius 2 is 1.90 bits per heavy atom. The zero-order chi connectivity index (χ0) is 15.6. The number of hydrogen-bond donors (Lipinski definition) is 2. The highest BCUT2D eigenvalue weighted by atomic mass is 32.2. The molecule has 8 heteroatoms. The number of nitrogens with one attached hydrogen (secondary N) is 1. The first-order valence-corrected chi connectivity index (χ1v) is 8.47. The summed E-state index contributed by atoms with van der Waals surface area (Å²) in [5, 5.41) is 8.93. The van der Waals surface area contributed by atoms with E-state index in [1.165, 1.54) is 5.51 Å². The van der Waals surface area contributed by atoms with Gasteiger partial charge >= 0.3 is 5.97 Å². The molecule has 0 radical (unpaired) electrons. The molecular formula is C13H14N2O4S2. The lowest BCUT2D eigenvalue weighted by Gasteiger charge is -2.09. The number of carboxylic acids is 1. The van der Waals surface area contributed by atoms with Crippen LogP contribution in [0.25, 0.3) is 0 Å². The fourth-order valence-electron chi connectivity index (χ4n) is 1.71. The third kappa shape index (κ3) is 3.40. The molecule has 6 nitrogen and oxygen atoms in total. The van der Waals surface area contributed by atoms with Gasteiger partial charge in [0.05, 0.1) is 5.51 Å². The largest absolute Gasteiger partial charge is 0.476 e. The van der Waals surface area contributed by atoms with E-state index in [0.29, 0.717) is 11.6 Å². The fraction of sp³-hybridized carbons (Fsp3) is 0.231. The summed E-state index contributed by atoms with van der Waals surface area (Å²) in [6.45, 7) is 4.07. The Morgan fingerprint density at radius 3 is 2.43 bits per heavy atom. The summed E-state index contributed by atoms with van der Waals surface area (Å²) in [5.41, 5.74) is 2.19. The number of benzene rings is 1. The fourth-order valence-corrected chi connectivity index (χ4v) is 3.91. The average molecular weight is 326 g/mol. The van der Waals surface area contributed by atoms with Crippen LogP contribution in [0.3, 0.4) is 0 Å². The van der Waals surface area contributed by atoms with Gasteiger partial charge in [-0.15, -0.1) is 11.3 Å². The molecule has 21 heavy (non-hydrogen) atoms. The van der Waals surface area contributed by atoms with Crippen LogP contribution in [-0.4, -0.2) is 24.5 Å². The summed E-state index contributed by atoms with van der Waals surface area (Å²) < 4.78 is 26.5. The number of nitrogens with zero attached hydrogens (tertiary/aromatic N) is 1. The summed E-state index contributed by atoms with van der Waals surface area (Å²) in [5.74, 6) is -1.03. The minimum absolute atomic E-state index is 0.303. The number of sulfonamides is 1. The molecule has 0 atom stereocenters. The van der Waals surface area contributed by atoms with Gasteiger partial charge in [-0.3, -0.25) is 4.72 Å². The number of rotatable bonds is 5. The summed E-state index contributed by atoms with van der Waals surface area (Å²) in [6, 6.07) is 6.95. The molecule has 0 aliphatic rings.